The normalized spacial score (nSPS) is 19.9. The smallest absolute Gasteiger partial charge is 0.257 e. The molecule has 5 heteroatoms. The van der Waals surface area contributed by atoms with E-state index in [0.717, 1.165) is 0 Å². The van der Waals surface area contributed by atoms with Crippen LogP contribution in [0.1, 0.15) is 16.8 Å². The molecule has 1 heterocycles. The molecule has 1 amide bonds. The van der Waals surface area contributed by atoms with Gasteiger partial charge in [-0.1, -0.05) is 12.1 Å². The average Bonchev–Trinajstić information content (AvgIpc) is 2.40. The van der Waals surface area contributed by atoms with Crippen LogP contribution >= 0.6 is 0 Å². The SMILES string of the molecule is NCCC1COCCN1C(=O)c1ccccc1F. The van der Waals surface area contributed by atoms with E-state index >= 15 is 0 Å². The first-order chi connectivity index (χ1) is 8.74. The molecule has 1 aliphatic heterocycles. The Morgan fingerprint density at radius 2 is 2.28 bits per heavy atom. The zero-order valence-corrected chi connectivity index (χ0v) is 10.1. The van der Waals surface area contributed by atoms with Gasteiger partial charge in [0.25, 0.3) is 5.91 Å². The third kappa shape index (κ3) is 2.68. The van der Waals surface area contributed by atoms with E-state index in [-0.39, 0.29) is 17.5 Å². The predicted molar refractivity (Wildman–Crippen MR) is 65.7 cm³/mol. The lowest BCUT2D eigenvalue weighted by atomic mass is 10.1. The van der Waals surface area contributed by atoms with E-state index < -0.39 is 5.82 Å². The maximum Gasteiger partial charge on any atom is 0.257 e. The molecule has 1 aliphatic rings. The summed E-state index contributed by atoms with van der Waals surface area (Å²) in [6, 6.07) is 5.98. The van der Waals surface area contributed by atoms with Gasteiger partial charge in [-0.05, 0) is 25.1 Å². The van der Waals surface area contributed by atoms with Crippen LogP contribution < -0.4 is 5.73 Å². The fourth-order valence-electron chi connectivity index (χ4n) is 2.14. The molecule has 0 aliphatic carbocycles. The topological polar surface area (TPSA) is 55.6 Å². The third-order valence-electron chi connectivity index (χ3n) is 3.09. The molecule has 0 radical (unpaired) electrons. The highest BCUT2D eigenvalue weighted by atomic mass is 19.1. The Morgan fingerprint density at radius 1 is 1.50 bits per heavy atom. The van der Waals surface area contributed by atoms with Gasteiger partial charge in [-0.2, -0.15) is 0 Å². The lowest BCUT2D eigenvalue weighted by molar-refractivity contribution is -0.00367. The first-order valence-corrected chi connectivity index (χ1v) is 6.07. The van der Waals surface area contributed by atoms with Crippen LogP contribution in [0.2, 0.25) is 0 Å². The maximum absolute atomic E-state index is 13.6. The van der Waals surface area contributed by atoms with Crippen LogP contribution in [0.25, 0.3) is 0 Å². The van der Waals surface area contributed by atoms with Crippen LogP contribution in [0, 0.1) is 5.82 Å². The number of nitrogens with zero attached hydrogens (tertiary/aromatic N) is 1. The summed E-state index contributed by atoms with van der Waals surface area (Å²) in [5, 5.41) is 0. The molecule has 1 aromatic rings. The van der Waals surface area contributed by atoms with Crippen molar-refractivity contribution in [2.75, 3.05) is 26.3 Å². The van der Waals surface area contributed by atoms with Crippen molar-refractivity contribution in [1.82, 2.24) is 4.90 Å². The van der Waals surface area contributed by atoms with Crippen molar-refractivity contribution in [1.29, 1.82) is 0 Å². The Labute approximate surface area is 106 Å². The van der Waals surface area contributed by atoms with Gasteiger partial charge in [-0.25, -0.2) is 4.39 Å². The molecule has 1 unspecified atom stereocenters. The van der Waals surface area contributed by atoms with Crippen molar-refractivity contribution in [3.63, 3.8) is 0 Å². The molecule has 98 valence electrons. The third-order valence-corrected chi connectivity index (χ3v) is 3.09. The summed E-state index contributed by atoms with van der Waals surface area (Å²) in [6.07, 6.45) is 0.667. The molecule has 1 saturated heterocycles. The Morgan fingerprint density at radius 3 is 3.00 bits per heavy atom. The molecule has 1 fully saturated rings. The number of hydrogen-bond donors (Lipinski definition) is 1. The first kappa shape index (κ1) is 13.0. The second kappa shape index (κ2) is 5.93. The summed E-state index contributed by atoms with van der Waals surface area (Å²) in [7, 11) is 0. The van der Waals surface area contributed by atoms with Crippen LogP contribution in [0.3, 0.4) is 0 Å². The lowest BCUT2D eigenvalue weighted by Gasteiger charge is -2.35. The van der Waals surface area contributed by atoms with E-state index in [1.807, 2.05) is 0 Å². The minimum atomic E-state index is -0.486. The number of nitrogens with two attached hydrogens (primary N) is 1. The predicted octanol–water partition coefficient (Wildman–Crippen LogP) is 1.02. The first-order valence-electron chi connectivity index (χ1n) is 6.07. The van der Waals surface area contributed by atoms with Crippen molar-refractivity contribution >= 4 is 5.91 Å². The van der Waals surface area contributed by atoms with Crippen LogP contribution in [-0.2, 0) is 4.74 Å². The number of morpholine rings is 1. The van der Waals surface area contributed by atoms with E-state index in [9.17, 15) is 9.18 Å². The van der Waals surface area contributed by atoms with Gasteiger partial charge < -0.3 is 15.4 Å². The quantitative estimate of drug-likeness (QED) is 0.873. The minimum Gasteiger partial charge on any atom is -0.377 e. The van der Waals surface area contributed by atoms with Gasteiger partial charge in [-0.15, -0.1) is 0 Å². The number of hydrogen-bond acceptors (Lipinski definition) is 3. The summed E-state index contributed by atoms with van der Waals surface area (Å²) < 4.78 is 18.9. The summed E-state index contributed by atoms with van der Waals surface area (Å²) in [4.78, 5) is 14.0. The Hall–Kier alpha value is -1.46. The zero-order chi connectivity index (χ0) is 13.0. The van der Waals surface area contributed by atoms with Crippen molar-refractivity contribution in [3.05, 3.63) is 35.6 Å². The summed E-state index contributed by atoms with van der Waals surface area (Å²) in [6.45, 7) is 1.92. The molecular weight excluding hydrogens is 235 g/mol. The maximum atomic E-state index is 13.6. The second-order valence-electron chi connectivity index (χ2n) is 4.28. The van der Waals surface area contributed by atoms with E-state index in [2.05, 4.69) is 0 Å². The fraction of sp³-hybridized carbons (Fsp3) is 0.462. The molecule has 1 aromatic carbocycles. The summed E-state index contributed by atoms with van der Waals surface area (Å²) >= 11 is 0. The van der Waals surface area contributed by atoms with Gasteiger partial charge >= 0.3 is 0 Å². The van der Waals surface area contributed by atoms with Crippen LogP contribution in [0.5, 0.6) is 0 Å². The number of halogens is 1. The number of carbonyl (C=O) groups excluding carboxylic acids is 1. The number of amides is 1. The summed E-state index contributed by atoms with van der Waals surface area (Å²) in [5.74, 6) is -0.768. The number of ether oxygens (including phenoxy) is 1. The fourth-order valence-corrected chi connectivity index (χ4v) is 2.14. The molecule has 2 N–H and O–H groups in total. The molecule has 2 rings (SSSR count). The highest BCUT2D eigenvalue weighted by molar-refractivity contribution is 5.94. The largest absolute Gasteiger partial charge is 0.377 e. The zero-order valence-electron chi connectivity index (χ0n) is 10.1. The second-order valence-corrected chi connectivity index (χ2v) is 4.28. The minimum absolute atomic E-state index is 0.0594. The highest BCUT2D eigenvalue weighted by Gasteiger charge is 2.28. The molecular formula is C13H17FN2O2. The average molecular weight is 252 g/mol. The lowest BCUT2D eigenvalue weighted by Crippen LogP contribution is -2.49. The molecule has 0 saturated carbocycles. The number of carbonyl (C=O) groups is 1. The molecule has 0 aromatic heterocycles. The van der Waals surface area contributed by atoms with E-state index in [0.29, 0.717) is 32.7 Å². The molecule has 1 atom stereocenters. The van der Waals surface area contributed by atoms with Crippen molar-refractivity contribution in [2.45, 2.75) is 12.5 Å². The van der Waals surface area contributed by atoms with E-state index in [1.165, 1.54) is 12.1 Å². The van der Waals surface area contributed by atoms with Crippen LogP contribution in [-0.4, -0.2) is 43.2 Å². The van der Waals surface area contributed by atoms with Crippen molar-refractivity contribution in [3.8, 4) is 0 Å². The van der Waals surface area contributed by atoms with Crippen LogP contribution in [0.15, 0.2) is 24.3 Å². The van der Waals surface area contributed by atoms with Crippen LogP contribution in [0.4, 0.5) is 4.39 Å². The van der Waals surface area contributed by atoms with E-state index in [4.69, 9.17) is 10.5 Å². The van der Waals surface area contributed by atoms with E-state index in [1.54, 1.807) is 17.0 Å². The Bertz CT molecular complexity index is 423. The van der Waals surface area contributed by atoms with Gasteiger partial charge in [0, 0.05) is 6.54 Å². The highest BCUT2D eigenvalue weighted by Crippen LogP contribution is 2.16. The van der Waals surface area contributed by atoms with Crippen molar-refractivity contribution < 1.29 is 13.9 Å². The number of benzene rings is 1. The van der Waals surface area contributed by atoms with Gasteiger partial charge in [0.2, 0.25) is 0 Å². The van der Waals surface area contributed by atoms with Gasteiger partial charge in [0.15, 0.2) is 0 Å². The molecule has 0 spiro atoms. The summed E-state index contributed by atoms with van der Waals surface area (Å²) in [5.41, 5.74) is 5.64. The van der Waals surface area contributed by atoms with Crippen molar-refractivity contribution in [2.24, 2.45) is 5.73 Å². The van der Waals surface area contributed by atoms with Gasteiger partial charge in [0.05, 0.1) is 24.8 Å². The molecule has 4 nitrogen and oxygen atoms in total. The number of rotatable bonds is 3. The Balaban J connectivity index is 2.18. The Kier molecular flexibility index (Phi) is 4.28. The molecule has 0 bridgehead atoms. The molecule has 18 heavy (non-hydrogen) atoms. The van der Waals surface area contributed by atoms with Gasteiger partial charge in [-0.3, -0.25) is 4.79 Å². The monoisotopic (exact) mass is 252 g/mol. The van der Waals surface area contributed by atoms with Gasteiger partial charge in [0.1, 0.15) is 5.82 Å². The standard InChI is InChI=1S/C13H17FN2O2/c14-12-4-2-1-3-11(12)13(17)16-7-8-18-9-10(16)5-6-15/h1-4,10H,5-9,15H2.